The van der Waals surface area contributed by atoms with E-state index >= 15 is 0 Å². The number of likely N-dealkylation sites (tertiary alicyclic amines) is 1. The molecule has 3 rings (SSSR count). The lowest BCUT2D eigenvalue weighted by molar-refractivity contribution is -0.136. The number of rotatable bonds is 3. The number of aromatic nitrogens is 2. The molecule has 0 bridgehead atoms. The van der Waals surface area contributed by atoms with Gasteiger partial charge >= 0.3 is 0 Å². The van der Waals surface area contributed by atoms with E-state index in [-0.39, 0.29) is 5.92 Å². The third-order valence-electron chi connectivity index (χ3n) is 4.36. The lowest BCUT2D eigenvalue weighted by Crippen LogP contribution is -2.45. The Bertz CT molecular complexity index is 494. The minimum atomic E-state index is 0.210. The first-order valence-corrected chi connectivity index (χ1v) is 7.79. The highest BCUT2D eigenvalue weighted by Crippen LogP contribution is 2.23. The maximum Gasteiger partial charge on any atom is 0.226 e. The van der Waals surface area contributed by atoms with Crippen LogP contribution in [0.5, 0.6) is 0 Å². The number of hydrogen-bond donors (Lipinski definition) is 1. The Morgan fingerprint density at radius 3 is 2.76 bits per heavy atom. The fourth-order valence-corrected chi connectivity index (χ4v) is 3.11. The smallest absolute Gasteiger partial charge is 0.226 e. The van der Waals surface area contributed by atoms with E-state index in [0.717, 1.165) is 51.0 Å². The summed E-state index contributed by atoms with van der Waals surface area (Å²) in [6, 6.07) is 2.28. The third-order valence-corrected chi connectivity index (χ3v) is 4.36. The fourth-order valence-electron chi connectivity index (χ4n) is 3.11. The van der Waals surface area contributed by atoms with Gasteiger partial charge in [-0.25, -0.2) is 9.97 Å². The lowest BCUT2D eigenvalue weighted by Gasteiger charge is -2.35. The number of anilines is 1. The zero-order chi connectivity index (χ0) is 14.5. The van der Waals surface area contributed by atoms with Gasteiger partial charge in [0, 0.05) is 31.2 Å². The Morgan fingerprint density at radius 2 is 2.10 bits per heavy atom. The van der Waals surface area contributed by atoms with Crippen LogP contribution in [0.15, 0.2) is 30.7 Å². The molecular weight excluding hydrogens is 264 g/mol. The molecule has 5 nitrogen and oxygen atoms in total. The second kappa shape index (κ2) is 6.70. The highest BCUT2D eigenvalue weighted by Gasteiger charge is 2.28. The van der Waals surface area contributed by atoms with E-state index in [0.29, 0.717) is 11.9 Å². The quantitative estimate of drug-likeness (QED) is 0.866. The first-order chi connectivity index (χ1) is 10.3. The van der Waals surface area contributed by atoms with Crippen LogP contribution in [0.4, 0.5) is 5.82 Å². The summed E-state index contributed by atoms with van der Waals surface area (Å²) in [7, 11) is 0. The van der Waals surface area contributed by atoms with E-state index in [1.54, 1.807) is 12.5 Å². The molecule has 0 radical (unpaired) electrons. The summed E-state index contributed by atoms with van der Waals surface area (Å²) in [5.74, 6) is 1.42. The first kappa shape index (κ1) is 14.0. The molecular formula is C16H22N4O. The predicted molar refractivity (Wildman–Crippen MR) is 81.7 cm³/mol. The molecule has 1 fully saturated rings. The Morgan fingerprint density at radius 1 is 1.24 bits per heavy atom. The van der Waals surface area contributed by atoms with Gasteiger partial charge in [0.05, 0.1) is 0 Å². The van der Waals surface area contributed by atoms with E-state index < -0.39 is 0 Å². The molecule has 1 saturated heterocycles. The Kier molecular flexibility index (Phi) is 4.48. The Hall–Kier alpha value is -1.91. The molecule has 0 saturated carbocycles. The van der Waals surface area contributed by atoms with Crippen molar-refractivity contribution in [2.45, 2.75) is 38.1 Å². The SMILES string of the molecule is O=C(C1CC=CCC1)N1CCC(Nc2ccncn2)CC1. The molecule has 1 N–H and O–H groups in total. The van der Waals surface area contributed by atoms with Crippen LogP contribution < -0.4 is 5.32 Å². The second-order valence-corrected chi connectivity index (χ2v) is 5.82. The van der Waals surface area contributed by atoms with Crippen LogP contribution in [-0.4, -0.2) is 39.9 Å². The molecule has 2 aliphatic rings. The van der Waals surface area contributed by atoms with Gasteiger partial charge in [0.1, 0.15) is 12.1 Å². The highest BCUT2D eigenvalue weighted by atomic mass is 16.2. The summed E-state index contributed by atoms with van der Waals surface area (Å²) in [4.78, 5) is 22.6. The van der Waals surface area contributed by atoms with Gasteiger partial charge in [-0.15, -0.1) is 0 Å². The second-order valence-electron chi connectivity index (χ2n) is 5.82. The molecule has 5 heteroatoms. The normalized spacial score (nSPS) is 23.0. The zero-order valence-corrected chi connectivity index (χ0v) is 12.2. The summed E-state index contributed by atoms with van der Waals surface area (Å²) >= 11 is 0. The van der Waals surface area contributed by atoms with Gasteiger partial charge in [-0.1, -0.05) is 12.2 Å². The van der Waals surface area contributed by atoms with Crippen LogP contribution >= 0.6 is 0 Å². The summed E-state index contributed by atoms with van der Waals surface area (Å²) in [5.41, 5.74) is 0. The van der Waals surface area contributed by atoms with Crippen molar-refractivity contribution in [2.75, 3.05) is 18.4 Å². The van der Waals surface area contributed by atoms with Gasteiger partial charge < -0.3 is 10.2 Å². The monoisotopic (exact) mass is 286 g/mol. The lowest BCUT2D eigenvalue weighted by atomic mass is 9.92. The molecule has 112 valence electrons. The molecule has 0 spiro atoms. The average Bonchev–Trinajstić information content (AvgIpc) is 2.57. The van der Waals surface area contributed by atoms with E-state index in [2.05, 4.69) is 27.4 Å². The number of hydrogen-bond acceptors (Lipinski definition) is 4. The van der Waals surface area contributed by atoms with Gasteiger partial charge in [-0.2, -0.15) is 0 Å². The largest absolute Gasteiger partial charge is 0.367 e. The number of carbonyl (C=O) groups is 1. The highest BCUT2D eigenvalue weighted by molar-refractivity contribution is 5.79. The van der Waals surface area contributed by atoms with E-state index in [4.69, 9.17) is 0 Å². The fraction of sp³-hybridized carbons (Fsp3) is 0.562. The molecule has 1 aliphatic carbocycles. The van der Waals surface area contributed by atoms with Crippen LogP contribution in [0.3, 0.4) is 0 Å². The number of allylic oxidation sites excluding steroid dienone is 2. The van der Waals surface area contributed by atoms with Crippen molar-refractivity contribution in [1.29, 1.82) is 0 Å². The number of nitrogens with zero attached hydrogens (tertiary/aromatic N) is 3. The van der Waals surface area contributed by atoms with Crippen molar-refractivity contribution in [2.24, 2.45) is 5.92 Å². The standard InChI is InChI=1S/C16H22N4O/c21-16(13-4-2-1-3-5-13)20-10-7-14(8-11-20)19-15-6-9-17-12-18-15/h1-2,6,9,12-14H,3-5,7-8,10-11H2,(H,17,18,19). The van der Waals surface area contributed by atoms with Gasteiger partial charge in [0.25, 0.3) is 0 Å². The summed E-state index contributed by atoms with van der Waals surface area (Å²) < 4.78 is 0. The average molecular weight is 286 g/mol. The van der Waals surface area contributed by atoms with Gasteiger partial charge in [0.15, 0.2) is 0 Å². The van der Waals surface area contributed by atoms with E-state index in [9.17, 15) is 4.79 Å². The van der Waals surface area contributed by atoms with Crippen LogP contribution in [0.2, 0.25) is 0 Å². The maximum absolute atomic E-state index is 12.5. The minimum absolute atomic E-state index is 0.210. The Balaban J connectivity index is 1.48. The van der Waals surface area contributed by atoms with Crippen LogP contribution in [0.25, 0.3) is 0 Å². The van der Waals surface area contributed by atoms with Gasteiger partial charge in [-0.3, -0.25) is 4.79 Å². The maximum atomic E-state index is 12.5. The van der Waals surface area contributed by atoms with Crippen molar-refractivity contribution in [3.63, 3.8) is 0 Å². The topological polar surface area (TPSA) is 58.1 Å². The van der Waals surface area contributed by atoms with Gasteiger partial charge in [-0.05, 0) is 38.2 Å². The van der Waals surface area contributed by atoms with Crippen LogP contribution in [0.1, 0.15) is 32.1 Å². The summed E-state index contributed by atoms with van der Waals surface area (Å²) in [6.45, 7) is 1.70. The number of nitrogens with one attached hydrogen (secondary N) is 1. The van der Waals surface area contributed by atoms with Crippen molar-refractivity contribution in [3.05, 3.63) is 30.7 Å². The van der Waals surface area contributed by atoms with Crippen molar-refractivity contribution >= 4 is 11.7 Å². The predicted octanol–water partition coefficient (Wildman–Crippen LogP) is 2.24. The number of amides is 1. The third kappa shape index (κ3) is 3.60. The van der Waals surface area contributed by atoms with Crippen LogP contribution in [-0.2, 0) is 4.79 Å². The first-order valence-electron chi connectivity index (χ1n) is 7.79. The van der Waals surface area contributed by atoms with Gasteiger partial charge in [0.2, 0.25) is 5.91 Å². The molecule has 1 atom stereocenters. The van der Waals surface area contributed by atoms with Crippen molar-refractivity contribution < 1.29 is 4.79 Å². The van der Waals surface area contributed by atoms with Crippen molar-refractivity contribution in [1.82, 2.24) is 14.9 Å². The van der Waals surface area contributed by atoms with E-state index in [1.165, 1.54) is 0 Å². The van der Waals surface area contributed by atoms with Crippen molar-refractivity contribution in [3.8, 4) is 0 Å². The Labute approximate surface area is 125 Å². The summed E-state index contributed by atoms with van der Waals surface area (Å²) in [5, 5.41) is 3.42. The minimum Gasteiger partial charge on any atom is -0.367 e. The molecule has 1 aromatic rings. The van der Waals surface area contributed by atoms with E-state index in [1.807, 2.05) is 11.0 Å². The molecule has 1 unspecified atom stereocenters. The summed E-state index contributed by atoms with van der Waals surface area (Å²) in [6.07, 6.45) is 12.6. The molecule has 2 heterocycles. The number of piperidine rings is 1. The molecule has 0 aromatic carbocycles. The van der Waals surface area contributed by atoms with Crippen LogP contribution in [0, 0.1) is 5.92 Å². The molecule has 1 aliphatic heterocycles. The number of carbonyl (C=O) groups excluding carboxylic acids is 1. The molecule has 21 heavy (non-hydrogen) atoms. The zero-order valence-electron chi connectivity index (χ0n) is 12.2. The molecule has 1 aromatic heterocycles. The molecule has 1 amide bonds.